The fraction of sp³-hybridized carbons (Fsp3) is 0.550. The van der Waals surface area contributed by atoms with Gasteiger partial charge in [0, 0.05) is 31.6 Å². The third kappa shape index (κ3) is 4.44. The predicted octanol–water partition coefficient (Wildman–Crippen LogP) is 3.33. The average molecular weight is 312 g/mol. The van der Waals surface area contributed by atoms with Gasteiger partial charge in [-0.05, 0) is 30.7 Å². The molecule has 23 heavy (non-hydrogen) atoms. The molecule has 0 spiro atoms. The molecule has 2 aliphatic rings. The van der Waals surface area contributed by atoms with Crippen molar-refractivity contribution in [3.8, 4) is 0 Å². The first-order chi connectivity index (χ1) is 11.3. The molecule has 0 aromatic heterocycles. The van der Waals surface area contributed by atoms with E-state index in [0.717, 1.165) is 45.3 Å². The van der Waals surface area contributed by atoms with Crippen LogP contribution in [-0.2, 0) is 4.79 Å². The normalized spacial score (nSPS) is 25.0. The van der Waals surface area contributed by atoms with Crippen molar-refractivity contribution < 1.29 is 4.79 Å². The minimum Gasteiger partial charge on any atom is -0.342 e. The van der Waals surface area contributed by atoms with Crippen molar-refractivity contribution in [1.82, 2.24) is 10.2 Å². The first-order valence-electron chi connectivity index (χ1n) is 9.01. The summed E-state index contributed by atoms with van der Waals surface area (Å²) in [6.45, 7) is 4.99. The summed E-state index contributed by atoms with van der Waals surface area (Å²) >= 11 is 0. The van der Waals surface area contributed by atoms with E-state index in [1.165, 1.54) is 5.56 Å². The minimum atomic E-state index is 0.353. The number of carbonyl (C=O) groups excluding carboxylic acids is 1. The zero-order chi connectivity index (χ0) is 16.1. The van der Waals surface area contributed by atoms with E-state index in [1.54, 1.807) is 0 Å². The number of hydrogen-bond donors (Lipinski definition) is 1. The molecule has 1 heterocycles. The van der Waals surface area contributed by atoms with E-state index < -0.39 is 0 Å². The minimum absolute atomic E-state index is 0.353. The van der Waals surface area contributed by atoms with Crippen molar-refractivity contribution in [3.05, 3.63) is 42.0 Å². The number of carbonyl (C=O) groups is 1. The molecule has 1 saturated heterocycles. The van der Waals surface area contributed by atoms with Gasteiger partial charge in [-0.3, -0.25) is 4.79 Å². The van der Waals surface area contributed by atoms with Crippen molar-refractivity contribution in [2.45, 2.75) is 38.6 Å². The Balaban J connectivity index is 1.46. The van der Waals surface area contributed by atoms with Crippen molar-refractivity contribution in [2.75, 3.05) is 19.6 Å². The molecule has 1 N–H and O–H groups in total. The van der Waals surface area contributed by atoms with E-state index in [-0.39, 0.29) is 0 Å². The Kier molecular flexibility index (Phi) is 5.50. The highest BCUT2D eigenvalue weighted by Gasteiger charge is 2.37. The maximum absolute atomic E-state index is 12.2. The van der Waals surface area contributed by atoms with E-state index >= 15 is 0 Å². The van der Waals surface area contributed by atoms with Gasteiger partial charge >= 0.3 is 0 Å². The molecule has 1 aromatic carbocycles. The van der Waals surface area contributed by atoms with Crippen LogP contribution >= 0.6 is 0 Å². The number of likely N-dealkylation sites (tertiary alicyclic amines) is 1. The molecule has 0 bridgehead atoms. The van der Waals surface area contributed by atoms with Crippen LogP contribution in [0.2, 0.25) is 0 Å². The Labute approximate surface area is 139 Å². The number of nitrogens with zero attached hydrogens (tertiary/aromatic N) is 1. The molecule has 2 atom stereocenters. The molecule has 2 fully saturated rings. The van der Waals surface area contributed by atoms with Gasteiger partial charge < -0.3 is 10.2 Å². The summed E-state index contributed by atoms with van der Waals surface area (Å²) in [7, 11) is 0. The van der Waals surface area contributed by atoms with E-state index in [2.05, 4.69) is 53.6 Å². The fourth-order valence-corrected chi connectivity index (χ4v) is 3.48. The van der Waals surface area contributed by atoms with Crippen molar-refractivity contribution in [1.29, 1.82) is 0 Å². The lowest BCUT2D eigenvalue weighted by molar-refractivity contribution is -0.134. The summed E-state index contributed by atoms with van der Waals surface area (Å²) in [6.07, 6.45) is 8.80. The Bertz CT molecular complexity index is 536. The quantitative estimate of drug-likeness (QED) is 0.874. The Morgan fingerprint density at radius 1 is 1.26 bits per heavy atom. The maximum atomic E-state index is 12.2. The molecule has 3 heteroatoms. The Morgan fingerprint density at radius 2 is 2.04 bits per heavy atom. The van der Waals surface area contributed by atoms with Crippen LogP contribution in [0.25, 0.3) is 6.08 Å². The summed E-state index contributed by atoms with van der Waals surface area (Å²) in [6, 6.07) is 10.9. The van der Waals surface area contributed by atoms with E-state index in [1.807, 2.05) is 6.07 Å². The molecule has 3 rings (SSSR count). The maximum Gasteiger partial charge on any atom is 0.225 e. The fourth-order valence-electron chi connectivity index (χ4n) is 3.48. The van der Waals surface area contributed by atoms with Crippen LogP contribution in [0.3, 0.4) is 0 Å². The number of benzene rings is 1. The molecule has 124 valence electrons. The standard InChI is InChI=1S/C20H28N2O/c1-2-17-15-22(20(23)18-10-11-18)14-12-19(17)21-13-6-9-16-7-4-3-5-8-16/h3-9,17-19,21H,2,10-15H2,1H3/b9-6+. The molecular weight excluding hydrogens is 284 g/mol. The number of piperidine rings is 1. The summed E-state index contributed by atoms with van der Waals surface area (Å²) in [5.74, 6) is 1.34. The SMILES string of the molecule is CCC1CN(C(=O)C2CC2)CCC1NC/C=C/c1ccccc1. The van der Waals surface area contributed by atoms with Crippen LogP contribution in [0.4, 0.5) is 0 Å². The molecule has 3 nitrogen and oxygen atoms in total. The highest BCUT2D eigenvalue weighted by Crippen LogP contribution is 2.33. The highest BCUT2D eigenvalue weighted by atomic mass is 16.2. The van der Waals surface area contributed by atoms with E-state index in [4.69, 9.17) is 0 Å². The van der Waals surface area contributed by atoms with Gasteiger partial charge in [-0.1, -0.05) is 55.8 Å². The first kappa shape index (κ1) is 16.3. The predicted molar refractivity (Wildman–Crippen MR) is 95.0 cm³/mol. The van der Waals surface area contributed by atoms with Gasteiger partial charge in [-0.25, -0.2) is 0 Å². The number of rotatable bonds is 6. The largest absolute Gasteiger partial charge is 0.342 e. The number of nitrogens with one attached hydrogen (secondary N) is 1. The third-order valence-electron chi connectivity index (χ3n) is 5.10. The second kappa shape index (κ2) is 7.78. The van der Waals surface area contributed by atoms with E-state index in [9.17, 15) is 4.79 Å². The second-order valence-electron chi connectivity index (χ2n) is 6.84. The van der Waals surface area contributed by atoms with Crippen LogP contribution < -0.4 is 5.32 Å². The molecular formula is C20H28N2O. The summed E-state index contributed by atoms with van der Waals surface area (Å²) < 4.78 is 0. The summed E-state index contributed by atoms with van der Waals surface area (Å²) in [5.41, 5.74) is 1.24. The molecule has 2 unspecified atom stereocenters. The van der Waals surface area contributed by atoms with Crippen LogP contribution in [-0.4, -0.2) is 36.5 Å². The van der Waals surface area contributed by atoms with Gasteiger partial charge in [0.15, 0.2) is 0 Å². The zero-order valence-electron chi connectivity index (χ0n) is 14.1. The van der Waals surface area contributed by atoms with Gasteiger partial charge in [-0.15, -0.1) is 0 Å². The van der Waals surface area contributed by atoms with Crippen molar-refractivity contribution in [2.24, 2.45) is 11.8 Å². The lowest BCUT2D eigenvalue weighted by Crippen LogP contribution is -2.51. The van der Waals surface area contributed by atoms with Crippen LogP contribution in [0.1, 0.15) is 38.2 Å². The second-order valence-corrected chi connectivity index (χ2v) is 6.84. The lowest BCUT2D eigenvalue weighted by Gasteiger charge is -2.38. The van der Waals surface area contributed by atoms with Gasteiger partial charge in [0.25, 0.3) is 0 Å². The van der Waals surface area contributed by atoms with Crippen molar-refractivity contribution in [3.63, 3.8) is 0 Å². The molecule has 1 aliphatic carbocycles. The van der Waals surface area contributed by atoms with Crippen LogP contribution in [0, 0.1) is 11.8 Å². The van der Waals surface area contributed by atoms with Crippen LogP contribution in [0.5, 0.6) is 0 Å². The highest BCUT2D eigenvalue weighted by molar-refractivity contribution is 5.81. The monoisotopic (exact) mass is 312 g/mol. The van der Waals surface area contributed by atoms with E-state index in [0.29, 0.717) is 23.8 Å². The summed E-state index contributed by atoms with van der Waals surface area (Å²) in [4.78, 5) is 14.4. The van der Waals surface area contributed by atoms with Gasteiger partial charge in [0.05, 0.1) is 0 Å². The molecule has 1 amide bonds. The van der Waals surface area contributed by atoms with Gasteiger partial charge in [0.2, 0.25) is 5.91 Å². The van der Waals surface area contributed by atoms with Gasteiger partial charge in [0.1, 0.15) is 0 Å². The number of hydrogen-bond acceptors (Lipinski definition) is 2. The van der Waals surface area contributed by atoms with Gasteiger partial charge in [-0.2, -0.15) is 0 Å². The first-order valence-corrected chi connectivity index (χ1v) is 9.01. The number of amides is 1. The Hall–Kier alpha value is -1.61. The topological polar surface area (TPSA) is 32.3 Å². The molecule has 0 radical (unpaired) electrons. The van der Waals surface area contributed by atoms with Crippen LogP contribution in [0.15, 0.2) is 36.4 Å². The molecule has 1 aliphatic heterocycles. The lowest BCUT2D eigenvalue weighted by atomic mass is 9.89. The smallest absolute Gasteiger partial charge is 0.225 e. The average Bonchev–Trinajstić information content (AvgIpc) is 3.44. The molecule has 1 aromatic rings. The zero-order valence-corrected chi connectivity index (χ0v) is 14.1. The summed E-state index contributed by atoms with van der Waals surface area (Å²) in [5, 5.41) is 3.67. The van der Waals surface area contributed by atoms with Crippen molar-refractivity contribution >= 4 is 12.0 Å². The molecule has 1 saturated carbocycles. The Morgan fingerprint density at radius 3 is 2.74 bits per heavy atom. The third-order valence-corrected chi connectivity index (χ3v) is 5.10.